The fourth-order valence-corrected chi connectivity index (χ4v) is 3.63. The van der Waals surface area contributed by atoms with Crippen molar-refractivity contribution in [3.05, 3.63) is 46.7 Å². The van der Waals surface area contributed by atoms with Crippen molar-refractivity contribution in [1.82, 2.24) is 4.90 Å². The summed E-state index contributed by atoms with van der Waals surface area (Å²) in [6.07, 6.45) is 1.37. The van der Waals surface area contributed by atoms with Gasteiger partial charge in [-0.25, -0.2) is 0 Å². The molecule has 0 aliphatic carbocycles. The molecule has 1 N–H and O–H groups in total. The van der Waals surface area contributed by atoms with Crippen LogP contribution in [0.4, 0.5) is 5.69 Å². The van der Waals surface area contributed by atoms with Gasteiger partial charge >= 0.3 is 0 Å². The molecule has 1 aliphatic rings. The molecule has 24 heavy (non-hydrogen) atoms. The Morgan fingerprint density at radius 3 is 2.54 bits per heavy atom. The maximum absolute atomic E-state index is 12.5. The number of piperidine rings is 1. The second kappa shape index (κ2) is 7.49. The third-order valence-electron chi connectivity index (χ3n) is 4.22. The Kier molecular flexibility index (Phi) is 5.15. The average Bonchev–Trinajstić information content (AvgIpc) is 3.11. The summed E-state index contributed by atoms with van der Waals surface area (Å²) in [5.74, 6) is 0.712. The van der Waals surface area contributed by atoms with E-state index >= 15 is 0 Å². The van der Waals surface area contributed by atoms with Gasteiger partial charge in [0.15, 0.2) is 0 Å². The van der Waals surface area contributed by atoms with Gasteiger partial charge in [-0.1, -0.05) is 18.2 Å². The molecule has 5 nitrogen and oxygen atoms in total. The lowest BCUT2D eigenvalue weighted by Crippen LogP contribution is -2.41. The average molecular weight is 344 g/mol. The highest BCUT2D eigenvalue weighted by atomic mass is 32.1. The zero-order chi connectivity index (χ0) is 16.9. The summed E-state index contributed by atoms with van der Waals surface area (Å²) >= 11 is 1.39. The van der Waals surface area contributed by atoms with E-state index in [1.807, 2.05) is 40.6 Å². The van der Waals surface area contributed by atoms with Gasteiger partial charge in [0.2, 0.25) is 5.91 Å². The zero-order valence-corrected chi connectivity index (χ0v) is 14.3. The first kappa shape index (κ1) is 16.5. The molecule has 1 aromatic carbocycles. The number of methoxy groups -OCH3 is 1. The first-order valence-corrected chi connectivity index (χ1v) is 8.83. The van der Waals surface area contributed by atoms with E-state index in [2.05, 4.69) is 5.32 Å². The van der Waals surface area contributed by atoms with Crippen molar-refractivity contribution in [3.63, 3.8) is 0 Å². The number of hydrogen-bond acceptors (Lipinski definition) is 4. The van der Waals surface area contributed by atoms with Gasteiger partial charge in [0.25, 0.3) is 5.91 Å². The molecular formula is C18H20N2O3S. The molecular weight excluding hydrogens is 324 g/mol. The van der Waals surface area contributed by atoms with Crippen molar-refractivity contribution in [2.75, 3.05) is 25.5 Å². The van der Waals surface area contributed by atoms with Crippen molar-refractivity contribution in [3.8, 4) is 5.75 Å². The summed E-state index contributed by atoms with van der Waals surface area (Å²) in [7, 11) is 1.59. The number of thiophene rings is 1. The molecule has 1 aliphatic heterocycles. The Balaban J connectivity index is 1.53. The van der Waals surface area contributed by atoms with Crippen molar-refractivity contribution in [2.45, 2.75) is 12.8 Å². The second-order valence-corrected chi connectivity index (χ2v) is 6.68. The van der Waals surface area contributed by atoms with Crippen LogP contribution in [0.15, 0.2) is 41.8 Å². The highest BCUT2D eigenvalue weighted by molar-refractivity contribution is 7.12. The van der Waals surface area contributed by atoms with Gasteiger partial charge in [-0.3, -0.25) is 9.59 Å². The van der Waals surface area contributed by atoms with E-state index in [-0.39, 0.29) is 17.7 Å². The molecule has 2 aromatic rings. The number of carbonyl (C=O) groups is 2. The monoisotopic (exact) mass is 344 g/mol. The zero-order valence-electron chi connectivity index (χ0n) is 13.5. The number of ether oxygens (including phenoxy) is 1. The van der Waals surface area contributed by atoms with Crippen LogP contribution in [0.1, 0.15) is 22.5 Å². The van der Waals surface area contributed by atoms with E-state index in [0.29, 0.717) is 36.6 Å². The first-order valence-electron chi connectivity index (χ1n) is 7.95. The number of anilines is 1. The fraction of sp³-hybridized carbons (Fsp3) is 0.333. The van der Waals surface area contributed by atoms with Crippen LogP contribution in [0.2, 0.25) is 0 Å². The maximum atomic E-state index is 12.5. The highest BCUT2D eigenvalue weighted by Crippen LogP contribution is 2.25. The Morgan fingerprint density at radius 1 is 1.21 bits per heavy atom. The van der Waals surface area contributed by atoms with Crippen LogP contribution in [0, 0.1) is 5.92 Å². The minimum Gasteiger partial charge on any atom is -0.496 e. The number of para-hydroxylation sites is 1. The number of nitrogens with zero attached hydrogens (tertiary/aromatic N) is 1. The molecule has 0 bridgehead atoms. The predicted molar refractivity (Wildman–Crippen MR) is 94.6 cm³/mol. The summed E-state index contributed by atoms with van der Waals surface area (Å²) in [5, 5.41) is 4.77. The smallest absolute Gasteiger partial charge is 0.264 e. The molecule has 1 saturated heterocycles. The van der Waals surface area contributed by atoms with Crippen molar-refractivity contribution >= 4 is 28.8 Å². The van der Waals surface area contributed by atoms with Crippen LogP contribution >= 0.6 is 11.3 Å². The Labute approximate surface area is 145 Å². The summed E-state index contributed by atoms with van der Waals surface area (Å²) < 4.78 is 5.12. The van der Waals surface area contributed by atoms with Crippen molar-refractivity contribution < 1.29 is 14.3 Å². The van der Waals surface area contributed by atoms with Gasteiger partial charge < -0.3 is 15.0 Å². The van der Waals surface area contributed by atoms with Gasteiger partial charge in [0.05, 0.1) is 12.0 Å². The van der Waals surface area contributed by atoms with Crippen LogP contribution in [0.25, 0.3) is 0 Å². The molecule has 0 spiro atoms. The number of likely N-dealkylation sites (tertiary alicyclic amines) is 1. The van der Waals surface area contributed by atoms with Crippen molar-refractivity contribution in [1.29, 1.82) is 0 Å². The van der Waals surface area contributed by atoms with E-state index in [0.717, 1.165) is 5.69 Å². The molecule has 3 rings (SSSR count). The molecule has 2 heterocycles. The van der Waals surface area contributed by atoms with Gasteiger partial charge in [-0.15, -0.1) is 11.3 Å². The van der Waals surface area contributed by atoms with E-state index in [9.17, 15) is 9.59 Å². The van der Waals surface area contributed by atoms with E-state index in [1.165, 1.54) is 11.3 Å². The second-order valence-electron chi connectivity index (χ2n) is 5.77. The number of benzene rings is 1. The summed E-state index contributed by atoms with van der Waals surface area (Å²) in [5.41, 5.74) is 0.812. The van der Waals surface area contributed by atoms with E-state index in [1.54, 1.807) is 13.2 Å². The Bertz CT molecular complexity index is 706. The third-order valence-corrected chi connectivity index (χ3v) is 5.11. The number of rotatable bonds is 4. The normalized spacial score (nSPS) is 15.1. The van der Waals surface area contributed by atoms with Crippen molar-refractivity contribution in [2.24, 2.45) is 5.92 Å². The molecule has 126 valence electrons. The first-order chi connectivity index (χ1) is 11.7. The summed E-state index contributed by atoms with van der Waals surface area (Å²) in [4.78, 5) is 27.3. The van der Waals surface area contributed by atoms with Gasteiger partial charge in [0.1, 0.15) is 5.75 Å². The number of hydrogen-bond donors (Lipinski definition) is 1. The Morgan fingerprint density at radius 2 is 1.92 bits per heavy atom. The Hall–Kier alpha value is -2.34. The van der Waals surface area contributed by atoms with E-state index in [4.69, 9.17) is 4.74 Å². The van der Waals surface area contributed by atoms with Crippen LogP contribution in [-0.2, 0) is 4.79 Å². The quantitative estimate of drug-likeness (QED) is 0.926. The lowest BCUT2D eigenvalue weighted by molar-refractivity contribution is -0.121. The topological polar surface area (TPSA) is 58.6 Å². The van der Waals surface area contributed by atoms with Gasteiger partial charge in [-0.05, 0) is 25.0 Å². The molecule has 2 amide bonds. The summed E-state index contributed by atoms with van der Waals surface area (Å²) in [6.45, 7) is 1.21. The highest BCUT2D eigenvalue weighted by Gasteiger charge is 2.28. The van der Waals surface area contributed by atoms with Crippen LogP contribution in [0.5, 0.6) is 5.75 Å². The fourth-order valence-electron chi connectivity index (χ4n) is 2.80. The minimum atomic E-state index is -0.0490. The molecule has 6 heteroatoms. The predicted octanol–water partition coefficient (Wildman–Crippen LogP) is 3.25. The third kappa shape index (κ3) is 3.76. The minimum absolute atomic E-state index is 0.0187. The molecule has 1 fully saturated rings. The lowest BCUT2D eigenvalue weighted by atomic mass is 9.95. The van der Waals surface area contributed by atoms with E-state index < -0.39 is 0 Å². The SMILES string of the molecule is COc1csc(C(=O)N2CCC(C(=O)Nc3ccccc3)CC2)c1. The van der Waals surface area contributed by atoms with Gasteiger partial charge in [0, 0.05) is 36.1 Å². The number of carbonyl (C=O) groups excluding carboxylic acids is 2. The molecule has 0 saturated carbocycles. The largest absolute Gasteiger partial charge is 0.496 e. The molecule has 0 unspecified atom stereocenters. The molecule has 1 aromatic heterocycles. The number of amides is 2. The van der Waals surface area contributed by atoms with Gasteiger partial charge in [-0.2, -0.15) is 0 Å². The van der Waals surface area contributed by atoms with Crippen LogP contribution in [0.3, 0.4) is 0 Å². The standard InChI is InChI=1S/C18H20N2O3S/c1-23-15-11-16(24-12-15)18(22)20-9-7-13(8-10-20)17(21)19-14-5-3-2-4-6-14/h2-6,11-13H,7-10H2,1H3,(H,19,21). The maximum Gasteiger partial charge on any atom is 0.264 e. The molecule has 0 atom stereocenters. The lowest BCUT2D eigenvalue weighted by Gasteiger charge is -2.31. The molecule has 0 radical (unpaired) electrons. The number of nitrogens with one attached hydrogen (secondary N) is 1. The van der Waals surface area contributed by atoms with Crippen LogP contribution in [-0.4, -0.2) is 36.9 Å². The summed E-state index contributed by atoms with van der Waals surface area (Å²) in [6, 6.07) is 11.2. The van der Waals surface area contributed by atoms with Crippen LogP contribution < -0.4 is 10.1 Å².